The monoisotopic (exact) mass is 383 g/mol. The summed E-state index contributed by atoms with van der Waals surface area (Å²) in [5.41, 5.74) is -2.98. The highest BCUT2D eigenvalue weighted by Crippen LogP contribution is 2.41. The van der Waals surface area contributed by atoms with Crippen LogP contribution in [0.1, 0.15) is 31.9 Å². The summed E-state index contributed by atoms with van der Waals surface area (Å²) in [5.74, 6) is -2.01. The molecule has 1 aromatic rings. The molecule has 25 heavy (non-hydrogen) atoms. The molecule has 0 spiro atoms. The first-order valence-electron chi connectivity index (χ1n) is 7.23. The standard InChI is InChI=1S/C17H15Cl2NO5/c1-16(2,3)25-15(22)17(23,10-6-4-9(8-20)5-7-10)13-11(18)12(19)14(21)24-13/h4-7,13,23H,1-3H3/t13-,17+/m1/s1. The number of hydrogen-bond acceptors (Lipinski definition) is 6. The average molecular weight is 384 g/mol. The number of cyclic esters (lactones) is 1. The molecule has 132 valence electrons. The molecule has 1 aliphatic rings. The first-order valence-corrected chi connectivity index (χ1v) is 7.99. The highest BCUT2D eigenvalue weighted by atomic mass is 35.5. The number of benzene rings is 1. The van der Waals surface area contributed by atoms with Gasteiger partial charge in [-0.3, -0.25) is 0 Å². The van der Waals surface area contributed by atoms with E-state index in [0.29, 0.717) is 5.56 Å². The van der Waals surface area contributed by atoms with Crippen LogP contribution in [0.3, 0.4) is 0 Å². The lowest BCUT2D eigenvalue weighted by atomic mass is 9.87. The van der Waals surface area contributed by atoms with Gasteiger partial charge in [0.25, 0.3) is 0 Å². The maximum Gasteiger partial charge on any atom is 0.351 e. The molecule has 1 heterocycles. The highest BCUT2D eigenvalue weighted by molar-refractivity contribution is 6.48. The van der Waals surface area contributed by atoms with Crippen molar-refractivity contribution in [3.63, 3.8) is 0 Å². The first-order chi connectivity index (χ1) is 11.5. The second-order valence-electron chi connectivity index (χ2n) is 6.40. The summed E-state index contributed by atoms with van der Waals surface area (Å²) in [5, 5.41) is 19.4. The van der Waals surface area contributed by atoms with Crippen molar-refractivity contribution in [2.45, 2.75) is 38.1 Å². The zero-order valence-electron chi connectivity index (χ0n) is 13.7. The Morgan fingerprint density at radius 3 is 2.24 bits per heavy atom. The summed E-state index contributed by atoms with van der Waals surface area (Å²) in [6.45, 7) is 4.86. The number of carbonyl (C=O) groups excluding carboxylic acids is 2. The zero-order valence-corrected chi connectivity index (χ0v) is 15.2. The summed E-state index contributed by atoms with van der Waals surface area (Å²) >= 11 is 11.8. The van der Waals surface area contributed by atoms with Gasteiger partial charge in [-0.05, 0) is 38.5 Å². The fourth-order valence-corrected chi connectivity index (χ4v) is 2.65. The Balaban J connectivity index is 2.57. The number of carbonyl (C=O) groups is 2. The molecule has 0 aromatic heterocycles. The third kappa shape index (κ3) is 3.64. The second kappa shape index (κ2) is 6.68. The molecule has 0 amide bonds. The quantitative estimate of drug-likeness (QED) is 0.805. The number of aliphatic hydroxyl groups is 1. The minimum atomic E-state index is -2.43. The third-order valence-electron chi connectivity index (χ3n) is 3.39. The predicted octanol–water partition coefficient (Wildman–Crippen LogP) is 2.70. The van der Waals surface area contributed by atoms with Gasteiger partial charge in [-0.1, -0.05) is 35.3 Å². The van der Waals surface area contributed by atoms with Crippen LogP contribution in [0, 0.1) is 11.3 Å². The van der Waals surface area contributed by atoms with Gasteiger partial charge in [0.05, 0.1) is 16.7 Å². The topological polar surface area (TPSA) is 96.6 Å². The molecule has 1 aromatic carbocycles. The largest absolute Gasteiger partial charge is 0.457 e. The van der Waals surface area contributed by atoms with E-state index < -0.39 is 34.3 Å². The number of esters is 2. The molecular formula is C17H15Cl2NO5. The Morgan fingerprint density at radius 1 is 1.28 bits per heavy atom. The predicted molar refractivity (Wildman–Crippen MR) is 89.5 cm³/mol. The van der Waals surface area contributed by atoms with Crippen molar-refractivity contribution >= 4 is 35.1 Å². The molecule has 6 nitrogen and oxygen atoms in total. The van der Waals surface area contributed by atoms with Crippen LogP contribution in [0.5, 0.6) is 0 Å². The average Bonchev–Trinajstić information content (AvgIpc) is 2.80. The maximum absolute atomic E-state index is 12.7. The summed E-state index contributed by atoms with van der Waals surface area (Å²) in [4.78, 5) is 24.4. The molecule has 0 bridgehead atoms. The fraction of sp³-hybridized carbons (Fsp3) is 0.353. The van der Waals surface area contributed by atoms with Crippen LogP contribution in [-0.4, -0.2) is 28.8 Å². The summed E-state index contributed by atoms with van der Waals surface area (Å²) in [6, 6.07) is 7.44. The molecule has 2 rings (SSSR count). The van der Waals surface area contributed by atoms with E-state index in [1.165, 1.54) is 24.3 Å². The van der Waals surface area contributed by atoms with E-state index in [0.717, 1.165) is 0 Å². The van der Waals surface area contributed by atoms with Crippen LogP contribution in [0.15, 0.2) is 34.3 Å². The Hall–Kier alpha value is -2.07. The van der Waals surface area contributed by atoms with Gasteiger partial charge < -0.3 is 14.6 Å². The Kier molecular flexibility index (Phi) is 5.14. The first kappa shape index (κ1) is 19.3. The van der Waals surface area contributed by atoms with Crippen LogP contribution < -0.4 is 0 Å². The Labute approximate surface area is 154 Å². The van der Waals surface area contributed by atoms with Crippen LogP contribution in [0.4, 0.5) is 0 Å². The van der Waals surface area contributed by atoms with Crippen LogP contribution in [0.2, 0.25) is 0 Å². The van der Waals surface area contributed by atoms with Gasteiger partial charge in [-0.25, -0.2) is 9.59 Å². The van der Waals surface area contributed by atoms with E-state index in [2.05, 4.69) is 0 Å². The van der Waals surface area contributed by atoms with E-state index in [1.807, 2.05) is 6.07 Å². The lowest BCUT2D eigenvalue weighted by Crippen LogP contribution is -2.50. The minimum absolute atomic E-state index is 0.0445. The summed E-state index contributed by atoms with van der Waals surface area (Å²) in [6.07, 6.45) is -1.56. The number of nitrogens with zero attached hydrogens (tertiary/aromatic N) is 1. The molecule has 8 heteroatoms. The number of nitriles is 1. The van der Waals surface area contributed by atoms with E-state index in [4.69, 9.17) is 37.9 Å². The number of hydrogen-bond donors (Lipinski definition) is 1. The molecule has 0 radical (unpaired) electrons. The highest BCUT2D eigenvalue weighted by Gasteiger charge is 2.55. The second-order valence-corrected chi connectivity index (χ2v) is 7.19. The molecule has 0 aliphatic carbocycles. The van der Waals surface area contributed by atoms with E-state index >= 15 is 0 Å². The van der Waals surface area contributed by atoms with Gasteiger partial charge in [-0.15, -0.1) is 0 Å². The lowest BCUT2D eigenvalue weighted by molar-refractivity contribution is -0.191. The van der Waals surface area contributed by atoms with Gasteiger partial charge in [0.15, 0.2) is 6.10 Å². The summed E-state index contributed by atoms with van der Waals surface area (Å²) < 4.78 is 10.3. The third-order valence-corrected chi connectivity index (χ3v) is 4.23. The maximum atomic E-state index is 12.7. The zero-order chi connectivity index (χ0) is 19.0. The molecule has 0 saturated carbocycles. The molecule has 1 aliphatic heterocycles. The van der Waals surface area contributed by atoms with Gasteiger partial charge in [-0.2, -0.15) is 5.26 Å². The van der Waals surface area contributed by atoms with Crippen molar-refractivity contribution in [1.82, 2.24) is 0 Å². The SMILES string of the molecule is CC(C)(C)OC(=O)[C@](O)(c1ccc(C#N)cc1)[C@@H]1OC(=O)C(Cl)=C1Cl. The Morgan fingerprint density at radius 2 is 1.84 bits per heavy atom. The summed E-state index contributed by atoms with van der Waals surface area (Å²) in [7, 11) is 0. The molecule has 2 atom stereocenters. The van der Waals surface area contributed by atoms with E-state index in [-0.39, 0.29) is 10.6 Å². The van der Waals surface area contributed by atoms with Crippen molar-refractivity contribution in [2.24, 2.45) is 0 Å². The van der Waals surface area contributed by atoms with E-state index in [9.17, 15) is 14.7 Å². The normalized spacial score (nSPS) is 19.9. The van der Waals surface area contributed by atoms with Crippen molar-refractivity contribution in [1.29, 1.82) is 5.26 Å². The van der Waals surface area contributed by atoms with Crippen molar-refractivity contribution in [3.05, 3.63) is 45.5 Å². The molecule has 0 saturated heterocycles. The van der Waals surface area contributed by atoms with Gasteiger partial charge >= 0.3 is 11.9 Å². The van der Waals surface area contributed by atoms with Crippen LogP contribution in [-0.2, 0) is 24.7 Å². The van der Waals surface area contributed by atoms with Crippen LogP contribution in [0.25, 0.3) is 0 Å². The number of ether oxygens (including phenoxy) is 2. The number of rotatable bonds is 3. The van der Waals surface area contributed by atoms with Gasteiger partial charge in [0, 0.05) is 0 Å². The molecule has 0 fully saturated rings. The van der Waals surface area contributed by atoms with Crippen molar-refractivity contribution in [3.8, 4) is 6.07 Å². The smallest absolute Gasteiger partial charge is 0.351 e. The molecule has 0 unspecified atom stereocenters. The van der Waals surface area contributed by atoms with E-state index in [1.54, 1.807) is 20.8 Å². The lowest BCUT2D eigenvalue weighted by Gasteiger charge is -2.33. The molecular weight excluding hydrogens is 369 g/mol. The fourth-order valence-electron chi connectivity index (χ4n) is 2.22. The number of halogens is 2. The van der Waals surface area contributed by atoms with Gasteiger partial charge in [0.1, 0.15) is 10.6 Å². The minimum Gasteiger partial charge on any atom is -0.457 e. The van der Waals surface area contributed by atoms with Gasteiger partial charge in [0.2, 0.25) is 5.60 Å². The van der Waals surface area contributed by atoms with Crippen molar-refractivity contribution < 1.29 is 24.2 Å². The van der Waals surface area contributed by atoms with Crippen LogP contribution >= 0.6 is 23.2 Å². The Bertz CT molecular complexity index is 789. The molecule has 1 N–H and O–H groups in total. The van der Waals surface area contributed by atoms with Crippen molar-refractivity contribution in [2.75, 3.05) is 0 Å².